The topological polar surface area (TPSA) is 215 Å². The van der Waals surface area contributed by atoms with Crippen molar-refractivity contribution in [3.63, 3.8) is 0 Å². The van der Waals surface area contributed by atoms with E-state index in [-0.39, 0.29) is 23.1 Å². The van der Waals surface area contributed by atoms with Crippen molar-refractivity contribution in [3.8, 4) is 11.7 Å². The summed E-state index contributed by atoms with van der Waals surface area (Å²) in [6.07, 6.45) is -3.28. The Bertz CT molecular complexity index is 2350. The van der Waals surface area contributed by atoms with Gasteiger partial charge in [-0.1, -0.05) is 23.7 Å². The van der Waals surface area contributed by atoms with Gasteiger partial charge in [0.25, 0.3) is 5.91 Å². The maximum absolute atomic E-state index is 13.0. The van der Waals surface area contributed by atoms with E-state index >= 15 is 0 Å². The van der Waals surface area contributed by atoms with Crippen molar-refractivity contribution < 1.29 is 42.2 Å². The molecule has 0 saturated heterocycles. The fraction of sp³-hybridized carbons (Fsp3) is 0.216. The summed E-state index contributed by atoms with van der Waals surface area (Å²) in [4.78, 5) is 65.5. The van der Waals surface area contributed by atoms with Crippen LogP contribution in [0.5, 0.6) is 6.01 Å². The summed E-state index contributed by atoms with van der Waals surface area (Å²) >= 11 is 6.02. The molecule has 3 amide bonds. The number of carbonyl (C=O) groups is 4. The van der Waals surface area contributed by atoms with E-state index in [9.17, 15) is 37.5 Å². The van der Waals surface area contributed by atoms with Gasteiger partial charge in [-0.2, -0.15) is 33.2 Å². The molecule has 0 atom stereocenters. The first-order valence-electron chi connectivity index (χ1n) is 17.0. The minimum Gasteiger partial charge on any atom is -0.477 e. The molecule has 57 heavy (non-hydrogen) atoms. The quantitative estimate of drug-likeness (QED) is 0.0734. The lowest BCUT2D eigenvalue weighted by atomic mass is 10.1. The fourth-order valence-electron chi connectivity index (χ4n) is 5.46. The molecule has 294 valence electrons. The SMILES string of the molecule is Cc1cc(C)n(-c2ccc(NC(=O)C(=O)NCC(=NC(=O)c3ccc(Nc4nc(NC5(c6ccc(Cl)cc6)CC5)nc(OCC(F)(F)F)n4)cc3)C(=O)O)cc2)n1. The summed E-state index contributed by atoms with van der Waals surface area (Å²) in [5.41, 5.74) is 2.53. The number of ether oxygens (including phenoxy) is 1. The van der Waals surface area contributed by atoms with E-state index in [1.54, 1.807) is 41.1 Å². The molecule has 1 aliphatic rings. The second-order valence-electron chi connectivity index (χ2n) is 12.8. The molecule has 0 unspecified atom stereocenters. The molecule has 1 aliphatic carbocycles. The number of hydrogen-bond acceptors (Lipinski definition) is 11. The number of nitrogens with zero attached hydrogens (tertiary/aromatic N) is 6. The van der Waals surface area contributed by atoms with Crippen molar-refractivity contribution in [2.24, 2.45) is 4.99 Å². The van der Waals surface area contributed by atoms with Crippen LogP contribution in [0.3, 0.4) is 0 Å². The van der Waals surface area contributed by atoms with Crippen LogP contribution in [0.2, 0.25) is 5.02 Å². The molecule has 20 heteroatoms. The number of rotatable bonds is 13. The molecule has 2 heterocycles. The molecule has 0 bridgehead atoms. The average Bonchev–Trinajstić information content (AvgIpc) is 3.86. The van der Waals surface area contributed by atoms with Gasteiger partial charge in [0.1, 0.15) is 5.71 Å². The molecule has 0 radical (unpaired) electrons. The zero-order valence-electron chi connectivity index (χ0n) is 30.0. The van der Waals surface area contributed by atoms with Crippen LogP contribution in [0.25, 0.3) is 5.69 Å². The number of aromatic nitrogens is 5. The average molecular weight is 805 g/mol. The molecule has 3 aromatic carbocycles. The number of amides is 3. The van der Waals surface area contributed by atoms with Gasteiger partial charge in [0.05, 0.1) is 23.5 Å². The predicted molar refractivity (Wildman–Crippen MR) is 201 cm³/mol. The molecule has 5 aromatic rings. The van der Waals surface area contributed by atoms with Crippen LogP contribution in [0.15, 0.2) is 83.9 Å². The number of nitrogens with one attached hydrogen (secondary N) is 4. The molecule has 6 rings (SSSR count). The van der Waals surface area contributed by atoms with Crippen LogP contribution in [-0.2, 0) is 19.9 Å². The number of alkyl halides is 3. The maximum atomic E-state index is 13.0. The second kappa shape index (κ2) is 16.5. The Morgan fingerprint density at radius 3 is 2.14 bits per heavy atom. The highest BCUT2D eigenvalue weighted by atomic mass is 35.5. The molecule has 16 nitrogen and oxygen atoms in total. The molecular weight excluding hydrogens is 773 g/mol. The van der Waals surface area contributed by atoms with Crippen molar-refractivity contribution in [3.05, 3.63) is 106 Å². The van der Waals surface area contributed by atoms with Gasteiger partial charge in [-0.3, -0.25) is 14.4 Å². The van der Waals surface area contributed by atoms with Crippen LogP contribution in [0.4, 0.5) is 36.4 Å². The van der Waals surface area contributed by atoms with Crippen LogP contribution in [0.1, 0.15) is 40.2 Å². The van der Waals surface area contributed by atoms with E-state index in [0.29, 0.717) is 23.6 Å². The van der Waals surface area contributed by atoms with Gasteiger partial charge in [-0.25, -0.2) is 14.5 Å². The lowest BCUT2D eigenvalue weighted by Crippen LogP contribution is -2.40. The first-order chi connectivity index (χ1) is 27.1. The van der Waals surface area contributed by atoms with Gasteiger partial charge in [0, 0.05) is 27.7 Å². The number of benzene rings is 3. The van der Waals surface area contributed by atoms with Crippen molar-refractivity contribution in [1.82, 2.24) is 30.0 Å². The molecular formula is C37H32ClF3N10O6. The highest BCUT2D eigenvalue weighted by Gasteiger charge is 2.45. The van der Waals surface area contributed by atoms with E-state index in [0.717, 1.165) is 22.6 Å². The van der Waals surface area contributed by atoms with Crippen molar-refractivity contribution in [2.75, 3.05) is 29.1 Å². The fourth-order valence-corrected chi connectivity index (χ4v) is 5.58. The highest BCUT2D eigenvalue weighted by Crippen LogP contribution is 2.48. The Morgan fingerprint density at radius 2 is 1.54 bits per heavy atom. The number of carbonyl (C=O) groups excluding carboxylic acids is 3. The van der Waals surface area contributed by atoms with E-state index in [1.165, 1.54) is 24.3 Å². The number of carboxylic acids is 1. The number of hydrogen-bond donors (Lipinski definition) is 5. The van der Waals surface area contributed by atoms with Crippen molar-refractivity contribution in [2.45, 2.75) is 38.4 Å². The second-order valence-corrected chi connectivity index (χ2v) is 13.2. The number of aryl methyl sites for hydroxylation is 2. The summed E-state index contributed by atoms with van der Waals surface area (Å²) in [5.74, 6) is -5.09. The van der Waals surface area contributed by atoms with Gasteiger partial charge in [0.2, 0.25) is 11.9 Å². The zero-order valence-corrected chi connectivity index (χ0v) is 30.8. The summed E-state index contributed by atoms with van der Waals surface area (Å²) in [6.45, 7) is 1.35. The standard InChI is InChI=1S/C37H32ClF3N10O6/c1-20-17-21(2)51(50-20)27-13-11-25(12-14-27)43-31(54)30(53)42-18-28(32(55)56)45-29(52)22-3-9-26(10-4-22)44-33-46-34(48-35(47-33)57-19-37(39,40)41)49-36(15-16-36)23-5-7-24(38)8-6-23/h3-14,17H,15-16,18-19H2,1-2H3,(H,42,53)(H,43,54)(H,55,56)(H2,44,46,47,48,49). The monoisotopic (exact) mass is 804 g/mol. The normalized spacial score (nSPS) is 13.3. The summed E-state index contributed by atoms with van der Waals surface area (Å²) in [7, 11) is 0. The third kappa shape index (κ3) is 10.5. The minimum atomic E-state index is -4.66. The Kier molecular flexibility index (Phi) is 11.5. The van der Waals surface area contributed by atoms with E-state index < -0.39 is 60.3 Å². The lowest BCUT2D eigenvalue weighted by molar-refractivity contribution is -0.154. The van der Waals surface area contributed by atoms with E-state index in [4.69, 9.17) is 16.3 Å². The first kappa shape index (κ1) is 39.8. The first-order valence-corrected chi connectivity index (χ1v) is 17.4. The van der Waals surface area contributed by atoms with Gasteiger partial charge in [-0.15, -0.1) is 0 Å². The van der Waals surface area contributed by atoms with Gasteiger partial charge in [-0.05, 0) is 99.0 Å². The summed E-state index contributed by atoms with van der Waals surface area (Å²) in [6, 6.07) is 20.2. The Morgan fingerprint density at radius 1 is 0.895 bits per heavy atom. The van der Waals surface area contributed by atoms with Crippen LogP contribution in [0, 0.1) is 13.8 Å². The number of anilines is 4. The van der Waals surface area contributed by atoms with Gasteiger partial charge < -0.3 is 31.1 Å². The van der Waals surface area contributed by atoms with Crippen molar-refractivity contribution >= 4 is 64.3 Å². The molecule has 2 aromatic heterocycles. The Hall–Kier alpha value is -6.89. The number of carboxylic acid groups (broad SMARTS) is 1. The highest BCUT2D eigenvalue weighted by molar-refractivity contribution is 6.42. The minimum absolute atomic E-state index is 0.0573. The summed E-state index contributed by atoms with van der Waals surface area (Å²) < 4.78 is 45.4. The maximum Gasteiger partial charge on any atom is 0.422 e. The molecule has 0 spiro atoms. The van der Waals surface area contributed by atoms with Crippen LogP contribution >= 0.6 is 11.6 Å². The predicted octanol–water partition coefficient (Wildman–Crippen LogP) is 5.53. The molecule has 5 N–H and O–H groups in total. The van der Waals surface area contributed by atoms with Crippen LogP contribution in [-0.4, -0.2) is 78.6 Å². The Balaban J connectivity index is 1.08. The Labute approximate surface area is 326 Å². The third-order valence-corrected chi connectivity index (χ3v) is 8.60. The zero-order chi connectivity index (χ0) is 40.9. The van der Waals surface area contributed by atoms with Gasteiger partial charge in [0.15, 0.2) is 6.61 Å². The lowest BCUT2D eigenvalue weighted by Gasteiger charge is -2.19. The number of halogens is 4. The largest absolute Gasteiger partial charge is 0.477 e. The van der Waals surface area contributed by atoms with Crippen LogP contribution < -0.4 is 26.0 Å². The van der Waals surface area contributed by atoms with E-state index in [2.05, 4.69) is 46.3 Å². The van der Waals surface area contributed by atoms with Gasteiger partial charge >= 0.3 is 30.0 Å². The molecule has 1 fully saturated rings. The summed E-state index contributed by atoms with van der Waals surface area (Å²) in [5, 5.41) is 25.1. The van der Waals surface area contributed by atoms with Crippen molar-refractivity contribution in [1.29, 1.82) is 0 Å². The third-order valence-electron chi connectivity index (χ3n) is 8.35. The molecule has 1 saturated carbocycles. The van der Waals surface area contributed by atoms with E-state index in [1.807, 2.05) is 32.0 Å². The number of aliphatic carboxylic acids is 1. The molecule has 0 aliphatic heterocycles. The smallest absolute Gasteiger partial charge is 0.422 e. The number of aliphatic imine (C=N–C) groups is 1.